The van der Waals surface area contributed by atoms with Crippen molar-refractivity contribution in [3.63, 3.8) is 0 Å². The first kappa shape index (κ1) is 26.6. The molecular weight excluding hydrogens is 425 g/mol. The van der Waals surface area contributed by atoms with Gasteiger partial charge < -0.3 is 19.0 Å². The van der Waals surface area contributed by atoms with Crippen LogP contribution in [0, 0.1) is 6.92 Å². The van der Waals surface area contributed by atoms with Gasteiger partial charge >= 0.3 is 0 Å². The maximum absolute atomic E-state index is 6.06. The molecule has 30 heavy (non-hydrogen) atoms. The van der Waals surface area contributed by atoms with Gasteiger partial charge in [-0.15, -0.1) is 0 Å². The number of hydrogen-bond donors (Lipinski definition) is 0. The van der Waals surface area contributed by atoms with E-state index in [2.05, 4.69) is 12.1 Å². The second-order valence-corrected chi connectivity index (χ2v) is 8.87. The van der Waals surface area contributed by atoms with Crippen LogP contribution in [0.3, 0.4) is 0 Å². The average Bonchev–Trinajstić information content (AvgIpc) is 2.65. The van der Waals surface area contributed by atoms with Crippen molar-refractivity contribution in [2.45, 2.75) is 65.9 Å². The Morgan fingerprint density at radius 3 is 2.43 bits per heavy atom. The number of unbranched alkanes of at least 4 members (excludes halogenated alkanes) is 2. The van der Waals surface area contributed by atoms with Crippen LogP contribution < -0.4 is 9.47 Å². The van der Waals surface area contributed by atoms with Gasteiger partial charge in [0, 0.05) is 6.61 Å². The summed E-state index contributed by atoms with van der Waals surface area (Å²) in [6, 6.07) is 3.99. The predicted molar refractivity (Wildman–Crippen MR) is 125 cm³/mol. The Kier molecular flexibility index (Phi) is 12.9. The maximum atomic E-state index is 6.06. The van der Waals surface area contributed by atoms with Gasteiger partial charge in [-0.05, 0) is 82.7 Å². The van der Waals surface area contributed by atoms with Crippen LogP contribution in [0.5, 0.6) is 11.5 Å². The number of halogens is 2. The van der Waals surface area contributed by atoms with E-state index in [1.807, 2.05) is 39.8 Å². The summed E-state index contributed by atoms with van der Waals surface area (Å²) >= 11 is 11.2. The number of ether oxygens (including phenoxy) is 3. The third-order valence-corrected chi connectivity index (χ3v) is 4.28. The molecule has 0 unspecified atom stereocenters. The van der Waals surface area contributed by atoms with Crippen LogP contribution in [-0.4, -0.2) is 38.2 Å². The van der Waals surface area contributed by atoms with Crippen molar-refractivity contribution >= 4 is 29.4 Å². The Morgan fingerprint density at radius 1 is 1.03 bits per heavy atom. The number of oxime groups is 1. The van der Waals surface area contributed by atoms with Gasteiger partial charge in [-0.2, -0.15) is 0 Å². The van der Waals surface area contributed by atoms with E-state index in [1.54, 1.807) is 12.3 Å². The fourth-order valence-electron chi connectivity index (χ4n) is 2.58. The quantitative estimate of drug-likeness (QED) is 0.178. The summed E-state index contributed by atoms with van der Waals surface area (Å²) in [5.41, 5.74) is 1.92. The van der Waals surface area contributed by atoms with Crippen molar-refractivity contribution in [3.8, 4) is 11.5 Å². The normalized spacial score (nSPS) is 11.6. The molecule has 0 bridgehead atoms. The summed E-state index contributed by atoms with van der Waals surface area (Å²) in [6.07, 6.45) is 7.14. The van der Waals surface area contributed by atoms with E-state index in [9.17, 15) is 0 Å². The molecule has 0 saturated heterocycles. The second kappa shape index (κ2) is 14.6. The van der Waals surface area contributed by atoms with Gasteiger partial charge in [0.2, 0.25) is 0 Å². The number of nitrogens with zero attached hydrogens (tertiary/aromatic N) is 1. The molecule has 0 atom stereocenters. The molecule has 1 rings (SSSR count). The number of aryl methyl sites for hydroxylation is 2. The first-order valence-corrected chi connectivity index (χ1v) is 11.2. The van der Waals surface area contributed by atoms with E-state index in [0.29, 0.717) is 26.4 Å². The molecule has 0 saturated carbocycles. The molecule has 0 amide bonds. The zero-order valence-corrected chi connectivity index (χ0v) is 20.3. The van der Waals surface area contributed by atoms with Gasteiger partial charge in [0.05, 0.1) is 19.4 Å². The topological polar surface area (TPSA) is 49.3 Å². The Morgan fingerprint density at radius 2 is 1.77 bits per heavy atom. The highest BCUT2D eigenvalue weighted by Crippen LogP contribution is 2.30. The van der Waals surface area contributed by atoms with Crippen LogP contribution in [-0.2, 0) is 16.0 Å². The zero-order valence-electron chi connectivity index (χ0n) is 18.8. The third kappa shape index (κ3) is 12.3. The molecule has 0 radical (unpaired) electrons. The van der Waals surface area contributed by atoms with E-state index in [1.165, 1.54) is 0 Å². The summed E-state index contributed by atoms with van der Waals surface area (Å²) in [4.78, 5) is 5.25. The zero-order chi connectivity index (χ0) is 22.4. The van der Waals surface area contributed by atoms with E-state index in [-0.39, 0.29) is 10.1 Å². The number of benzene rings is 1. The molecule has 5 nitrogen and oxygen atoms in total. The van der Waals surface area contributed by atoms with Crippen molar-refractivity contribution in [2.75, 3.05) is 26.4 Å². The van der Waals surface area contributed by atoms with E-state index >= 15 is 0 Å². The van der Waals surface area contributed by atoms with E-state index < -0.39 is 0 Å². The predicted octanol–water partition coefficient (Wildman–Crippen LogP) is 6.62. The van der Waals surface area contributed by atoms with Gasteiger partial charge in [-0.1, -0.05) is 35.3 Å². The summed E-state index contributed by atoms with van der Waals surface area (Å²) < 4.78 is 17.5. The molecule has 0 fully saturated rings. The molecule has 7 heteroatoms. The van der Waals surface area contributed by atoms with Gasteiger partial charge in [-0.3, -0.25) is 0 Å². The smallest absolute Gasteiger partial charge is 0.129 e. The molecule has 1 aromatic rings. The lowest BCUT2D eigenvalue weighted by Gasteiger charge is -2.15. The number of rotatable bonds is 14. The highest BCUT2D eigenvalue weighted by atomic mass is 35.5. The molecule has 0 aliphatic carbocycles. The first-order valence-electron chi connectivity index (χ1n) is 10.4. The molecular formula is C23H35Cl2NO4. The highest BCUT2D eigenvalue weighted by molar-refractivity contribution is 6.55. The fraction of sp³-hybridized carbons (Fsp3) is 0.609. The van der Waals surface area contributed by atoms with Gasteiger partial charge in [-0.25, -0.2) is 0 Å². The molecule has 0 aliphatic rings. The van der Waals surface area contributed by atoms with Crippen molar-refractivity contribution in [1.29, 1.82) is 0 Å². The van der Waals surface area contributed by atoms with Crippen molar-refractivity contribution in [2.24, 2.45) is 5.16 Å². The fourth-order valence-corrected chi connectivity index (χ4v) is 2.71. The van der Waals surface area contributed by atoms with Gasteiger partial charge in [0.15, 0.2) is 0 Å². The molecule has 170 valence electrons. The third-order valence-electron chi connectivity index (χ3n) is 3.97. The van der Waals surface area contributed by atoms with E-state index in [4.69, 9.17) is 42.3 Å². The molecule has 0 aliphatic heterocycles. The summed E-state index contributed by atoms with van der Waals surface area (Å²) in [7, 11) is 0. The standard InChI is InChI=1S/C23H35Cl2NO4/c1-6-19-17-20(28-14-10-21(24)25)16-18(2)22(19)29-13-9-7-8-12-27-15-11-26-30-23(3,4)5/h10-11,16-17H,6-9,12-15H2,1-5H3/b26-11+. The van der Waals surface area contributed by atoms with Gasteiger partial charge in [0.1, 0.15) is 28.2 Å². The lowest BCUT2D eigenvalue weighted by atomic mass is 10.1. The Labute approximate surface area is 191 Å². The van der Waals surface area contributed by atoms with Crippen LogP contribution in [0.2, 0.25) is 0 Å². The van der Waals surface area contributed by atoms with Gasteiger partial charge in [0.25, 0.3) is 0 Å². The summed E-state index contributed by atoms with van der Waals surface area (Å²) in [5.74, 6) is 1.73. The van der Waals surface area contributed by atoms with Crippen molar-refractivity contribution in [1.82, 2.24) is 0 Å². The molecule has 0 heterocycles. The minimum absolute atomic E-state index is 0.204. The van der Waals surface area contributed by atoms with Crippen molar-refractivity contribution in [3.05, 3.63) is 33.8 Å². The molecule has 0 aromatic heterocycles. The van der Waals surface area contributed by atoms with Crippen LogP contribution >= 0.6 is 23.2 Å². The molecule has 0 N–H and O–H groups in total. The first-order chi connectivity index (χ1) is 14.2. The largest absolute Gasteiger partial charge is 0.493 e. The Balaban J connectivity index is 2.28. The Hall–Kier alpha value is -1.43. The monoisotopic (exact) mass is 459 g/mol. The lowest BCUT2D eigenvalue weighted by Crippen LogP contribution is -2.15. The van der Waals surface area contributed by atoms with Crippen LogP contribution in [0.4, 0.5) is 0 Å². The van der Waals surface area contributed by atoms with Crippen molar-refractivity contribution < 1.29 is 19.0 Å². The minimum atomic E-state index is -0.268. The Bertz CT molecular complexity index is 681. The highest BCUT2D eigenvalue weighted by Gasteiger charge is 2.10. The summed E-state index contributed by atoms with van der Waals surface area (Å²) in [6.45, 7) is 12.2. The molecule has 1 aromatic carbocycles. The van der Waals surface area contributed by atoms with E-state index in [0.717, 1.165) is 48.3 Å². The number of hydrogen-bond acceptors (Lipinski definition) is 5. The maximum Gasteiger partial charge on any atom is 0.129 e. The summed E-state index contributed by atoms with van der Waals surface area (Å²) in [5, 5.41) is 3.88. The van der Waals surface area contributed by atoms with Crippen LogP contribution in [0.25, 0.3) is 0 Å². The van der Waals surface area contributed by atoms with Crippen LogP contribution in [0.15, 0.2) is 27.9 Å². The lowest BCUT2D eigenvalue weighted by molar-refractivity contribution is 0.000668. The second-order valence-electron chi connectivity index (χ2n) is 7.86. The average molecular weight is 460 g/mol. The van der Waals surface area contributed by atoms with Crippen LogP contribution in [0.1, 0.15) is 58.1 Å². The molecule has 0 spiro atoms. The SMILES string of the molecule is CCc1cc(OCC=C(Cl)Cl)cc(C)c1OCCCCCOC/C=N/OC(C)(C)C. The minimum Gasteiger partial charge on any atom is -0.493 e.